The standard InChI is InChI=1S/C14H10Cl2FNO/c15-11-5-9(6-12(16)7-11)8-18-14(19)10-1-3-13(17)4-2-10/h1-7H,8H2,(H,18,19). The van der Waals surface area contributed by atoms with Gasteiger partial charge in [0, 0.05) is 22.2 Å². The van der Waals surface area contributed by atoms with Crippen LogP contribution in [-0.4, -0.2) is 5.91 Å². The fraction of sp³-hybridized carbons (Fsp3) is 0.0714. The van der Waals surface area contributed by atoms with Gasteiger partial charge < -0.3 is 5.32 Å². The molecule has 0 heterocycles. The lowest BCUT2D eigenvalue weighted by atomic mass is 10.2. The van der Waals surface area contributed by atoms with E-state index in [-0.39, 0.29) is 11.7 Å². The summed E-state index contributed by atoms with van der Waals surface area (Å²) in [5.41, 5.74) is 1.20. The number of rotatable bonds is 3. The zero-order chi connectivity index (χ0) is 13.8. The molecule has 0 aliphatic rings. The zero-order valence-corrected chi connectivity index (χ0v) is 11.3. The molecule has 0 saturated heterocycles. The van der Waals surface area contributed by atoms with Gasteiger partial charge in [0.2, 0.25) is 0 Å². The molecular formula is C14H10Cl2FNO. The van der Waals surface area contributed by atoms with Crippen LogP contribution in [0.2, 0.25) is 10.0 Å². The molecule has 5 heteroatoms. The molecule has 2 aromatic carbocycles. The maximum Gasteiger partial charge on any atom is 0.251 e. The molecule has 19 heavy (non-hydrogen) atoms. The molecule has 0 atom stereocenters. The second kappa shape index (κ2) is 6.04. The predicted molar refractivity (Wildman–Crippen MR) is 74.0 cm³/mol. The van der Waals surface area contributed by atoms with Gasteiger partial charge in [-0.05, 0) is 48.0 Å². The molecule has 0 radical (unpaired) electrons. The molecule has 0 aliphatic heterocycles. The average Bonchev–Trinajstić information content (AvgIpc) is 2.36. The van der Waals surface area contributed by atoms with E-state index in [1.54, 1.807) is 18.2 Å². The predicted octanol–water partition coefficient (Wildman–Crippen LogP) is 4.06. The second-order valence-electron chi connectivity index (χ2n) is 3.97. The second-order valence-corrected chi connectivity index (χ2v) is 4.84. The van der Waals surface area contributed by atoms with E-state index in [2.05, 4.69) is 5.32 Å². The van der Waals surface area contributed by atoms with Crippen molar-refractivity contribution < 1.29 is 9.18 Å². The normalized spacial score (nSPS) is 10.3. The Hall–Kier alpha value is -1.58. The highest BCUT2D eigenvalue weighted by atomic mass is 35.5. The molecule has 0 unspecified atom stereocenters. The van der Waals surface area contributed by atoms with Gasteiger partial charge in [0.05, 0.1) is 0 Å². The van der Waals surface area contributed by atoms with Crippen LogP contribution in [0.3, 0.4) is 0 Å². The topological polar surface area (TPSA) is 29.1 Å². The van der Waals surface area contributed by atoms with Crippen LogP contribution in [0.4, 0.5) is 4.39 Å². The van der Waals surface area contributed by atoms with Gasteiger partial charge >= 0.3 is 0 Å². The minimum absolute atomic E-state index is 0.281. The number of carbonyl (C=O) groups is 1. The highest BCUT2D eigenvalue weighted by Gasteiger charge is 2.06. The van der Waals surface area contributed by atoms with Gasteiger partial charge in [-0.3, -0.25) is 4.79 Å². The third-order valence-electron chi connectivity index (χ3n) is 2.48. The van der Waals surface area contributed by atoms with Crippen LogP contribution in [0.1, 0.15) is 15.9 Å². The first kappa shape index (κ1) is 13.8. The number of benzene rings is 2. The summed E-state index contributed by atoms with van der Waals surface area (Å²) in [5, 5.41) is 3.74. The number of carbonyl (C=O) groups excluding carboxylic acids is 1. The summed E-state index contributed by atoms with van der Waals surface area (Å²) in [6.45, 7) is 0.302. The molecule has 0 saturated carbocycles. The van der Waals surface area contributed by atoms with Gasteiger partial charge in [-0.25, -0.2) is 4.39 Å². The average molecular weight is 298 g/mol. The summed E-state index contributed by atoms with van der Waals surface area (Å²) in [4.78, 5) is 11.8. The zero-order valence-electron chi connectivity index (χ0n) is 9.79. The summed E-state index contributed by atoms with van der Waals surface area (Å²) in [6.07, 6.45) is 0. The van der Waals surface area contributed by atoms with Gasteiger partial charge in [-0.1, -0.05) is 23.2 Å². The Balaban J connectivity index is 2.02. The number of amides is 1. The van der Waals surface area contributed by atoms with Gasteiger partial charge in [0.1, 0.15) is 5.82 Å². The molecule has 1 N–H and O–H groups in total. The van der Waals surface area contributed by atoms with Crippen LogP contribution in [0, 0.1) is 5.82 Å². The van der Waals surface area contributed by atoms with E-state index in [9.17, 15) is 9.18 Å². The number of hydrogen-bond acceptors (Lipinski definition) is 1. The Bertz CT molecular complexity index is 579. The summed E-state index contributed by atoms with van der Waals surface area (Å²) in [6, 6.07) is 10.4. The molecule has 2 nitrogen and oxygen atoms in total. The van der Waals surface area contributed by atoms with Crippen LogP contribution in [0.15, 0.2) is 42.5 Å². The first-order valence-electron chi connectivity index (χ1n) is 5.53. The number of hydrogen-bond donors (Lipinski definition) is 1. The molecule has 2 aromatic rings. The third-order valence-corrected chi connectivity index (χ3v) is 2.92. The molecule has 0 bridgehead atoms. The maximum absolute atomic E-state index is 12.7. The van der Waals surface area contributed by atoms with Gasteiger partial charge in [-0.15, -0.1) is 0 Å². The van der Waals surface area contributed by atoms with E-state index in [4.69, 9.17) is 23.2 Å². The Morgan fingerprint density at radius 2 is 1.63 bits per heavy atom. The Labute approximate surface area is 120 Å². The van der Waals surface area contributed by atoms with Crippen molar-refractivity contribution in [1.82, 2.24) is 5.32 Å². The van der Waals surface area contributed by atoms with Crippen LogP contribution >= 0.6 is 23.2 Å². The van der Waals surface area contributed by atoms with Gasteiger partial charge in [-0.2, -0.15) is 0 Å². The highest BCUT2D eigenvalue weighted by molar-refractivity contribution is 6.34. The van der Waals surface area contributed by atoms with Crippen LogP contribution < -0.4 is 5.32 Å². The molecular weight excluding hydrogens is 288 g/mol. The molecule has 2 rings (SSSR count). The van der Waals surface area contributed by atoms with Crippen molar-refractivity contribution >= 4 is 29.1 Å². The van der Waals surface area contributed by atoms with Crippen molar-refractivity contribution in [1.29, 1.82) is 0 Å². The fourth-order valence-corrected chi connectivity index (χ4v) is 2.17. The van der Waals surface area contributed by atoms with Crippen molar-refractivity contribution in [2.24, 2.45) is 0 Å². The fourth-order valence-electron chi connectivity index (χ4n) is 1.60. The van der Waals surface area contributed by atoms with Gasteiger partial charge in [0.25, 0.3) is 5.91 Å². The van der Waals surface area contributed by atoms with Crippen LogP contribution in [0.25, 0.3) is 0 Å². The lowest BCUT2D eigenvalue weighted by Crippen LogP contribution is -2.22. The van der Waals surface area contributed by atoms with E-state index in [1.807, 2.05) is 0 Å². The largest absolute Gasteiger partial charge is 0.348 e. The quantitative estimate of drug-likeness (QED) is 0.909. The number of nitrogens with one attached hydrogen (secondary N) is 1. The highest BCUT2D eigenvalue weighted by Crippen LogP contribution is 2.18. The lowest BCUT2D eigenvalue weighted by molar-refractivity contribution is 0.0951. The van der Waals surface area contributed by atoms with Crippen LogP contribution in [-0.2, 0) is 6.54 Å². The Kier molecular flexibility index (Phi) is 4.40. The number of halogens is 3. The molecule has 0 aromatic heterocycles. The molecule has 0 aliphatic carbocycles. The first-order chi connectivity index (χ1) is 9.04. The molecule has 0 spiro atoms. The third kappa shape index (κ3) is 3.94. The monoisotopic (exact) mass is 297 g/mol. The molecule has 0 fully saturated rings. The molecule has 98 valence electrons. The smallest absolute Gasteiger partial charge is 0.251 e. The summed E-state index contributed by atoms with van der Waals surface area (Å²) < 4.78 is 12.7. The lowest BCUT2D eigenvalue weighted by Gasteiger charge is -2.06. The van der Waals surface area contributed by atoms with Crippen molar-refractivity contribution in [2.45, 2.75) is 6.54 Å². The van der Waals surface area contributed by atoms with Gasteiger partial charge in [0.15, 0.2) is 0 Å². The maximum atomic E-state index is 12.7. The molecule has 1 amide bonds. The SMILES string of the molecule is O=C(NCc1cc(Cl)cc(Cl)c1)c1ccc(F)cc1. The van der Waals surface area contributed by atoms with Crippen LogP contribution in [0.5, 0.6) is 0 Å². The first-order valence-corrected chi connectivity index (χ1v) is 6.29. The Morgan fingerprint density at radius 1 is 1.05 bits per heavy atom. The summed E-state index contributed by atoms with van der Waals surface area (Å²) in [7, 11) is 0. The van der Waals surface area contributed by atoms with Crippen molar-refractivity contribution in [2.75, 3.05) is 0 Å². The summed E-state index contributed by atoms with van der Waals surface area (Å²) >= 11 is 11.7. The summed E-state index contributed by atoms with van der Waals surface area (Å²) in [5.74, 6) is -0.658. The minimum Gasteiger partial charge on any atom is -0.348 e. The van der Waals surface area contributed by atoms with E-state index in [0.29, 0.717) is 22.2 Å². The van der Waals surface area contributed by atoms with E-state index in [1.165, 1.54) is 24.3 Å². The van der Waals surface area contributed by atoms with E-state index in [0.717, 1.165) is 5.56 Å². The Morgan fingerprint density at radius 3 is 2.21 bits per heavy atom. The van der Waals surface area contributed by atoms with E-state index >= 15 is 0 Å². The van der Waals surface area contributed by atoms with E-state index < -0.39 is 0 Å². The van der Waals surface area contributed by atoms with Crippen molar-refractivity contribution in [3.05, 3.63) is 69.5 Å². The van der Waals surface area contributed by atoms with Crippen molar-refractivity contribution in [3.8, 4) is 0 Å². The van der Waals surface area contributed by atoms with Crippen molar-refractivity contribution in [3.63, 3.8) is 0 Å². The minimum atomic E-state index is -0.377.